The summed E-state index contributed by atoms with van der Waals surface area (Å²) >= 11 is 15.8. The fraction of sp³-hybridized carbons (Fsp3) is 0.0833. The molecule has 6 heteroatoms. The van der Waals surface area contributed by atoms with E-state index in [0.29, 0.717) is 22.2 Å². The summed E-state index contributed by atoms with van der Waals surface area (Å²) in [5.41, 5.74) is 4.09. The quantitative estimate of drug-likeness (QED) is 0.298. The molecule has 0 saturated carbocycles. The number of nitriles is 1. The van der Waals surface area contributed by atoms with Gasteiger partial charge in [0.05, 0.1) is 0 Å². The molecule has 3 rings (SSSR count). The Balaban J connectivity index is 1.94. The second kappa shape index (κ2) is 9.95. The Morgan fingerprint density at radius 3 is 2.60 bits per heavy atom. The van der Waals surface area contributed by atoms with Crippen LogP contribution in [-0.4, -0.2) is 5.91 Å². The molecule has 0 radical (unpaired) electrons. The van der Waals surface area contributed by atoms with Crippen molar-refractivity contribution in [1.29, 1.82) is 5.26 Å². The minimum Gasteiger partial charge on any atom is -0.321 e. The molecule has 0 heterocycles. The van der Waals surface area contributed by atoms with Crippen molar-refractivity contribution in [3.8, 4) is 6.07 Å². The van der Waals surface area contributed by atoms with Gasteiger partial charge in [-0.25, -0.2) is 0 Å². The van der Waals surface area contributed by atoms with Crippen LogP contribution in [0.3, 0.4) is 0 Å². The lowest BCUT2D eigenvalue weighted by molar-refractivity contribution is -0.112. The van der Waals surface area contributed by atoms with Gasteiger partial charge in [0, 0.05) is 20.2 Å². The van der Waals surface area contributed by atoms with Crippen molar-refractivity contribution in [3.05, 3.63) is 103 Å². The molecule has 3 aromatic rings. The fourth-order valence-corrected chi connectivity index (χ4v) is 3.68. The lowest BCUT2D eigenvalue weighted by Crippen LogP contribution is -2.14. The van der Waals surface area contributed by atoms with Crippen molar-refractivity contribution in [2.75, 3.05) is 5.32 Å². The molecule has 150 valence electrons. The maximum Gasteiger partial charge on any atom is 0.266 e. The first kappa shape index (κ1) is 22.1. The lowest BCUT2D eigenvalue weighted by atomic mass is 9.98. The minimum atomic E-state index is -0.494. The number of nitrogens with zero attached hydrogens (tertiary/aromatic N) is 1. The third-order valence-corrected chi connectivity index (χ3v) is 5.66. The number of nitrogens with one attached hydrogen (secondary N) is 1. The average molecular weight is 500 g/mol. The number of hydrogen-bond donors (Lipinski definition) is 1. The highest BCUT2D eigenvalue weighted by molar-refractivity contribution is 9.10. The van der Waals surface area contributed by atoms with Crippen LogP contribution < -0.4 is 5.32 Å². The van der Waals surface area contributed by atoms with E-state index in [4.69, 9.17) is 23.2 Å². The number of benzene rings is 3. The van der Waals surface area contributed by atoms with Gasteiger partial charge in [-0.15, -0.1) is 0 Å². The van der Waals surface area contributed by atoms with Crippen molar-refractivity contribution >= 4 is 56.8 Å². The van der Waals surface area contributed by atoms with Crippen molar-refractivity contribution < 1.29 is 4.79 Å². The summed E-state index contributed by atoms with van der Waals surface area (Å²) in [6.07, 6.45) is 2.17. The Bertz CT molecular complexity index is 1180. The van der Waals surface area contributed by atoms with E-state index in [1.807, 2.05) is 61.5 Å². The van der Waals surface area contributed by atoms with Crippen molar-refractivity contribution in [2.24, 2.45) is 0 Å². The van der Waals surface area contributed by atoms with Gasteiger partial charge in [0.1, 0.15) is 11.6 Å². The summed E-state index contributed by atoms with van der Waals surface area (Å²) in [4.78, 5) is 12.7. The van der Waals surface area contributed by atoms with E-state index >= 15 is 0 Å². The first-order valence-corrected chi connectivity index (χ1v) is 10.6. The highest BCUT2D eigenvalue weighted by Gasteiger charge is 2.13. The van der Waals surface area contributed by atoms with Crippen molar-refractivity contribution in [1.82, 2.24) is 0 Å². The summed E-state index contributed by atoms with van der Waals surface area (Å²) in [6, 6.07) is 20.6. The van der Waals surface area contributed by atoms with Gasteiger partial charge >= 0.3 is 0 Å². The highest BCUT2D eigenvalue weighted by atomic mass is 79.9. The summed E-state index contributed by atoms with van der Waals surface area (Å²) in [7, 11) is 0. The van der Waals surface area contributed by atoms with Crippen molar-refractivity contribution in [2.45, 2.75) is 13.3 Å². The fourth-order valence-electron chi connectivity index (χ4n) is 2.93. The van der Waals surface area contributed by atoms with Crippen LogP contribution in [0.4, 0.5) is 5.69 Å². The minimum absolute atomic E-state index is 0.00659. The molecule has 1 amide bonds. The third-order valence-electron chi connectivity index (χ3n) is 4.56. The molecular weight excluding hydrogens is 483 g/mol. The van der Waals surface area contributed by atoms with Crippen LogP contribution in [0.5, 0.6) is 0 Å². The topological polar surface area (TPSA) is 52.9 Å². The summed E-state index contributed by atoms with van der Waals surface area (Å²) in [5.74, 6) is -0.494. The molecular formula is C24H17BrCl2N2O. The third kappa shape index (κ3) is 5.52. The van der Waals surface area contributed by atoms with E-state index in [-0.39, 0.29) is 5.57 Å². The van der Waals surface area contributed by atoms with E-state index in [2.05, 4.69) is 21.2 Å². The monoisotopic (exact) mass is 498 g/mol. The molecule has 3 aromatic carbocycles. The van der Waals surface area contributed by atoms with Crippen LogP contribution >= 0.6 is 39.1 Å². The Kier molecular flexibility index (Phi) is 7.33. The Morgan fingerprint density at radius 2 is 1.87 bits per heavy atom. The molecule has 0 spiro atoms. The van der Waals surface area contributed by atoms with Crippen LogP contribution in [0.15, 0.2) is 70.7 Å². The number of aryl methyl sites for hydroxylation is 1. The molecule has 30 heavy (non-hydrogen) atoms. The molecule has 3 nitrogen and oxygen atoms in total. The van der Waals surface area contributed by atoms with E-state index in [1.165, 1.54) is 0 Å². The summed E-state index contributed by atoms with van der Waals surface area (Å²) < 4.78 is 0.847. The maximum absolute atomic E-state index is 12.7. The molecule has 0 aliphatic heterocycles. The van der Waals surface area contributed by atoms with E-state index in [1.54, 1.807) is 18.2 Å². The zero-order valence-corrected chi connectivity index (χ0v) is 19.1. The van der Waals surface area contributed by atoms with Gasteiger partial charge in [-0.3, -0.25) is 4.79 Å². The smallest absolute Gasteiger partial charge is 0.266 e. The van der Waals surface area contributed by atoms with Crippen LogP contribution in [0.1, 0.15) is 22.3 Å². The molecule has 0 aliphatic rings. The molecule has 0 unspecified atom stereocenters. The van der Waals surface area contributed by atoms with Gasteiger partial charge in [0.15, 0.2) is 0 Å². The number of halogens is 3. The Morgan fingerprint density at radius 1 is 1.10 bits per heavy atom. The van der Waals surface area contributed by atoms with Gasteiger partial charge in [-0.05, 0) is 72.0 Å². The van der Waals surface area contributed by atoms with Crippen LogP contribution in [0.2, 0.25) is 10.0 Å². The van der Waals surface area contributed by atoms with Gasteiger partial charge in [-0.1, -0.05) is 69.5 Å². The van der Waals surface area contributed by atoms with Gasteiger partial charge in [0.2, 0.25) is 0 Å². The largest absolute Gasteiger partial charge is 0.321 e. The highest BCUT2D eigenvalue weighted by Crippen LogP contribution is 2.26. The normalized spacial score (nSPS) is 11.1. The predicted octanol–water partition coefficient (Wildman–Crippen LogP) is 7.20. The van der Waals surface area contributed by atoms with Crippen LogP contribution in [-0.2, 0) is 11.2 Å². The molecule has 0 fully saturated rings. The van der Waals surface area contributed by atoms with E-state index < -0.39 is 5.91 Å². The van der Waals surface area contributed by atoms with Crippen LogP contribution in [0.25, 0.3) is 6.08 Å². The molecule has 0 bridgehead atoms. The second-order valence-corrected chi connectivity index (χ2v) is 8.45. The summed E-state index contributed by atoms with van der Waals surface area (Å²) in [6.45, 7) is 1.86. The second-order valence-electron chi connectivity index (χ2n) is 6.69. The Hall–Kier alpha value is -2.58. The van der Waals surface area contributed by atoms with Gasteiger partial charge in [-0.2, -0.15) is 5.26 Å². The number of carbonyl (C=O) groups excluding carboxylic acids is 1. The van der Waals surface area contributed by atoms with Gasteiger partial charge in [0.25, 0.3) is 5.91 Å². The zero-order chi connectivity index (χ0) is 21.7. The summed E-state index contributed by atoms with van der Waals surface area (Å²) in [5, 5.41) is 13.6. The predicted molar refractivity (Wildman–Crippen MR) is 127 cm³/mol. The molecule has 0 atom stereocenters. The number of hydrogen-bond acceptors (Lipinski definition) is 2. The molecule has 0 saturated heterocycles. The first-order valence-electron chi connectivity index (χ1n) is 9.08. The SMILES string of the molecule is Cc1ccc(Cl)cc1NC(=O)/C(C#N)=C/c1cc(Br)ccc1Cc1ccccc1Cl. The zero-order valence-electron chi connectivity index (χ0n) is 16.0. The standard InChI is InChI=1S/C24H17BrCl2N2O/c1-15-6-9-21(26)13-23(15)29-24(30)19(14-28)11-18-12-20(25)8-7-16(18)10-17-4-2-3-5-22(17)27/h2-9,11-13H,10H2,1H3,(H,29,30)/b19-11+. The first-order chi connectivity index (χ1) is 14.4. The van der Waals surface area contributed by atoms with E-state index in [0.717, 1.165) is 26.7 Å². The van der Waals surface area contributed by atoms with Gasteiger partial charge < -0.3 is 5.32 Å². The van der Waals surface area contributed by atoms with Crippen molar-refractivity contribution in [3.63, 3.8) is 0 Å². The number of amides is 1. The molecule has 0 aromatic heterocycles. The average Bonchev–Trinajstić information content (AvgIpc) is 2.72. The molecule has 0 aliphatic carbocycles. The lowest BCUT2D eigenvalue weighted by Gasteiger charge is -2.11. The van der Waals surface area contributed by atoms with Crippen LogP contribution in [0, 0.1) is 18.3 Å². The number of rotatable bonds is 5. The Labute approximate surface area is 194 Å². The number of anilines is 1. The van der Waals surface area contributed by atoms with E-state index in [9.17, 15) is 10.1 Å². The number of carbonyl (C=O) groups is 1. The molecule has 1 N–H and O–H groups in total. The maximum atomic E-state index is 12.7.